The van der Waals surface area contributed by atoms with Gasteiger partial charge in [-0.2, -0.15) is 0 Å². The lowest BCUT2D eigenvalue weighted by atomic mass is 10.0. The van der Waals surface area contributed by atoms with Crippen molar-refractivity contribution in [3.63, 3.8) is 0 Å². The highest BCUT2D eigenvalue weighted by atomic mass is 16.5. The van der Waals surface area contributed by atoms with Gasteiger partial charge in [-0.05, 0) is 31.0 Å². The Balaban J connectivity index is 1.62. The van der Waals surface area contributed by atoms with Gasteiger partial charge in [0, 0.05) is 16.5 Å². The molecule has 0 amide bonds. The highest BCUT2D eigenvalue weighted by Crippen LogP contribution is 2.26. The second-order valence-corrected chi connectivity index (χ2v) is 7.49. The molecule has 0 N–H and O–H groups in total. The fraction of sp³-hybridized carbons (Fsp3) is 0.148. The van der Waals surface area contributed by atoms with E-state index in [9.17, 15) is 9.59 Å². The number of ketones is 1. The monoisotopic (exact) mass is 409 g/mol. The summed E-state index contributed by atoms with van der Waals surface area (Å²) in [6, 6.07) is 24.5. The Morgan fingerprint density at radius 2 is 1.61 bits per heavy atom. The molecule has 0 aliphatic rings. The third kappa shape index (κ3) is 4.53. The summed E-state index contributed by atoms with van der Waals surface area (Å²) < 4.78 is 5.39. The van der Waals surface area contributed by atoms with Gasteiger partial charge in [-0.15, -0.1) is 0 Å². The van der Waals surface area contributed by atoms with Crippen LogP contribution < -0.4 is 0 Å². The van der Waals surface area contributed by atoms with Crippen molar-refractivity contribution in [2.45, 2.75) is 20.3 Å². The van der Waals surface area contributed by atoms with Crippen LogP contribution in [0.25, 0.3) is 22.2 Å². The number of hydrogen-bond acceptors (Lipinski definition) is 4. The number of fused-ring (bicyclic) bond motifs is 1. The summed E-state index contributed by atoms with van der Waals surface area (Å²) in [7, 11) is 0. The van der Waals surface area contributed by atoms with Gasteiger partial charge in [-0.3, -0.25) is 4.79 Å². The molecule has 0 unspecified atom stereocenters. The molecule has 4 heteroatoms. The lowest BCUT2D eigenvalue weighted by Gasteiger charge is -2.10. The molecular weight excluding hydrogens is 386 g/mol. The van der Waals surface area contributed by atoms with E-state index in [1.807, 2.05) is 55.5 Å². The molecule has 0 aliphatic carbocycles. The van der Waals surface area contributed by atoms with E-state index in [0.717, 1.165) is 17.5 Å². The molecular formula is C27H23NO3. The molecule has 3 aromatic carbocycles. The summed E-state index contributed by atoms with van der Waals surface area (Å²) in [5, 5.41) is 0.698. The highest BCUT2D eigenvalue weighted by molar-refractivity contribution is 6.06. The molecule has 0 spiro atoms. The van der Waals surface area contributed by atoms with E-state index >= 15 is 0 Å². The third-order valence-electron chi connectivity index (χ3n) is 5.30. The van der Waals surface area contributed by atoms with E-state index in [1.54, 1.807) is 18.2 Å². The van der Waals surface area contributed by atoms with Gasteiger partial charge in [-0.1, -0.05) is 79.2 Å². The third-order valence-corrected chi connectivity index (χ3v) is 5.30. The zero-order valence-electron chi connectivity index (χ0n) is 17.6. The number of aromatic nitrogens is 1. The zero-order valence-corrected chi connectivity index (χ0v) is 17.6. The summed E-state index contributed by atoms with van der Waals surface area (Å²) in [5.74, 6) is -0.771. The van der Waals surface area contributed by atoms with Crippen LogP contribution in [0.4, 0.5) is 0 Å². The van der Waals surface area contributed by atoms with Gasteiger partial charge in [-0.25, -0.2) is 9.78 Å². The van der Waals surface area contributed by atoms with E-state index in [4.69, 9.17) is 9.72 Å². The van der Waals surface area contributed by atoms with Crippen LogP contribution in [0.15, 0.2) is 78.9 Å². The van der Waals surface area contributed by atoms with Gasteiger partial charge in [0.15, 0.2) is 12.4 Å². The molecule has 154 valence electrons. The van der Waals surface area contributed by atoms with E-state index in [0.29, 0.717) is 27.7 Å². The number of rotatable bonds is 6. The van der Waals surface area contributed by atoms with E-state index in [2.05, 4.69) is 19.1 Å². The maximum atomic E-state index is 12.9. The molecule has 0 saturated carbocycles. The molecule has 4 nitrogen and oxygen atoms in total. The number of Topliss-reactive ketones (excluding diaryl/α,β-unsaturated/α-hetero) is 1. The van der Waals surface area contributed by atoms with Gasteiger partial charge in [0.2, 0.25) is 0 Å². The maximum Gasteiger partial charge on any atom is 0.339 e. The SMILES string of the molecule is CCc1ccc(-c2cc(C(=O)OCC(=O)c3ccc(C)cc3)c3ccccc3n2)cc1. The number of para-hydroxylation sites is 1. The van der Waals surface area contributed by atoms with Crippen molar-refractivity contribution in [1.82, 2.24) is 4.98 Å². The van der Waals surface area contributed by atoms with Crippen molar-refractivity contribution in [3.8, 4) is 11.3 Å². The normalized spacial score (nSPS) is 10.8. The van der Waals surface area contributed by atoms with Gasteiger partial charge >= 0.3 is 5.97 Å². The van der Waals surface area contributed by atoms with Crippen LogP contribution in [-0.2, 0) is 11.2 Å². The first-order valence-electron chi connectivity index (χ1n) is 10.3. The predicted molar refractivity (Wildman–Crippen MR) is 122 cm³/mol. The Kier molecular flexibility index (Phi) is 5.89. The first-order valence-corrected chi connectivity index (χ1v) is 10.3. The van der Waals surface area contributed by atoms with E-state index in [-0.39, 0.29) is 12.4 Å². The molecule has 0 aliphatic heterocycles. The maximum absolute atomic E-state index is 12.9. The smallest absolute Gasteiger partial charge is 0.339 e. The van der Waals surface area contributed by atoms with Crippen molar-refractivity contribution in [2.75, 3.05) is 6.61 Å². The van der Waals surface area contributed by atoms with Crippen molar-refractivity contribution >= 4 is 22.7 Å². The minimum Gasteiger partial charge on any atom is -0.454 e. The standard InChI is InChI=1S/C27H23NO3/c1-3-19-10-14-20(15-11-19)25-16-23(22-6-4-5-7-24(22)28-25)27(30)31-17-26(29)21-12-8-18(2)9-13-21/h4-16H,3,17H2,1-2H3. The number of pyridine rings is 1. The quantitative estimate of drug-likeness (QED) is 0.298. The van der Waals surface area contributed by atoms with E-state index < -0.39 is 5.97 Å². The van der Waals surface area contributed by atoms with Crippen molar-refractivity contribution < 1.29 is 14.3 Å². The van der Waals surface area contributed by atoms with Crippen LogP contribution in [0, 0.1) is 6.92 Å². The molecule has 0 radical (unpaired) electrons. The lowest BCUT2D eigenvalue weighted by Crippen LogP contribution is -2.15. The van der Waals surface area contributed by atoms with Gasteiger partial charge in [0.25, 0.3) is 0 Å². The average Bonchev–Trinajstić information content (AvgIpc) is 2.82. The topological polar surface area (TPSA) is 56.3 Å². The first-order chi connectivity index (χ1) is 15.0. The van der Waals surface area contributed by atoms with Crippen LogP contribution in [0.5, 0.6) is 0 Å². The van der Waals surface area contributed by atoms with E-state index in [1.165, 1.54) is 5.56 Å². The number of hydrogen-bond donors (Lipinski definition) is 0. The van der Waals surface area contributed by atoms with Crippen molar-refractivity contribution in [1.29, 1.82) is 0 Å². The molecule has 4 rings (SSSR count). The number of carbonyl (C=O) groups excluding carboxylic acids is 2. The largest absolute Gasteiger partial charge is 0.454 e. The van der Waals surface area contributed by atoms with Gasteiger partial charge in [0.05, 0.1) is 16.8 Å². The molecule has 0 atom stereocenters. The van der Waals surface area contributed by atoms with Crippen LogP contribution in [0.3, 0.4) is 0 Å². The lowest BCUT2D eigenvalue weighted by molar-refractivity contribution is 0.0476. The summed E-state index contributed by atoms with van der Waals surface area (Å²) in [4.78, 5) is 30.1. The summed E-state index contributed by atoms with van der Waals surface area (Å²) in [6.07, 6.45) is 0.956. The Bertz CT molecular complexity index is 1240. The summed E-state index contributed by atoms with van der Waals surface area (Å²) in [6.45, 7) is 3.75. The highest BCUT2D eigenvalue weighted by Gasteiger charge is 2.17. The van der Waals surface area contributed by atoms with Gasteiger partial charge in [0.1, 0.15) is 0 Å². The van der Waals surface area contributed by atoms with Crippen molar-refractivity contribution in [3.05, 3.63) is 101 Å². The molecule has 0 saturated heterocycles. The average molecular weight is 409 g/mol. The predicted octanol–water partition coefficient (Wildman–Crippen LogP) is 5.81. The minimum atomic E-state index is -0.537. The Morgan fingerprint density at radius 3 is 2.32 bits per heavy atom. The Morgan fingerprint density at radius 1 is 0.903 bits per heavy atom. The number of ether oxygens (including phenoxy) is 1. The first kappa shape index (κ1) is 20.5. The number of nitrogens with zero attached hydrogens (tertiary/aromatic N) is 1. The molecule has 1 heterocycles. The fourth-order valence-corrected chi connectivity index (χ4v) is 3.44. The Hall–Kier alpha value is -3.79. The Labute approximate surface area is 181 Å². The van der Waals surface area contributed by atoms with Crippen LogP contribution in [0.2, 0.25) is 0 Å². The van der Waals surface area contributed by atoms with Crippen LogP contribution in [-0.4, -0.2) is 23.3 Å². The number of aryl methyl sites for hydroxylation is 2. The molecule has 0 bridgehead atoms. The van der Waals surface area contributed by atoms with Gasteiger partial charge < -0.3 is 4.74 Å². The second-order valence-electron chi connectivity index (χ2n) is 7.49. The molecule has 1 aromatic heterocycles. The van der Waals surface area contributed by atoms with Crippen LogP contribution in [0.1, 0.15) is 38.8 Å². The minimum absolute atomic E-state index is 0.234. The van der Waals surface area contributed by atoms with Crippen molar-refractivity contribution in [2.24, 2.45) is 0 Å². The number of carbonyl (C=O) groups is 2. The molecule has 0 fully saturated rings. The summed E-state index contributed by atoms with van der Waals surface area (Å²) >= 11 is 0. The van der Waals surface area contributed by atoms with Crippen LogP contribution >= 0.6 is 0 Å². The molecule has 31 heavy (non-hydrogen) atoms. The second kappa shape index (κ2) is 8.92. The molecule has 4 aromatic rings. The fourth-order valence-electron chi connectivity index (χ4n) is 3.44. The zero-order chi connectivity index (χ0) is 21.8. The summed E-state index contributed by atoms with van der Waals surface area (Å²) in [5.41, 5.74) is 5.55. The number of benzene rings is 3. The number of esters is 1.